The van der Waals surface area contributed by atoms with Crippen molar-refractivity contribution in [2.75, 3.05) is 0 Å². The minimum atomic E-state index is -0.744. The molecule has 6 heteroatoms. The summed E-state index contributed by atoms with van der Waals surface area (Å²) in [5.41, 5.74) is 0.394. The van der Waals surface area contributed by atoms with E-state index < -0.39 is 17.3 Å². The molecule has 0 unspecified atom stereocenters. The Labute approximate surface area is 128 Å². The number of benzene rings is 2. The van der Waals surface area contributed by atoms with Gasteiger partial charge >= 0.3 is 5.63 Å². The molecular weight excluding hydrogens is 314 g/mol. The third-order valence-corrected chi connectivity index (χ3v) is 3.31. The molecule has 0 fully saturated rings. The van der Waals surface area contributed by atoms with E-state index in [4.69, 9.17) is 20.8 Å². The topological polar surface area (TPSA) is 39.4 Å². The zero-order valence-electron chi connectivity index (χ0n) is 11.1. The van der Waals surface area contributed by atoms with Crippen molar-refractivity contribution in [1.29, 1.82) is 0 Å². The van der Waals surface area contributed by atoms with Crippen LogP contribution < -0.4 is 10.4 Å². The van der Waals surface area contributed by atoms with Crippen molar-refractivity contribution in [2.45, 2.75) is 5.88 Å². The van der Waals surface area contributed by atoms with Crippen LogP contribution in [0.1, 0.15) is 5.56 Å². The molecule has 3 rings (SSSR count). The van der Waals surface area contributed by atoms with E-state index in [0.717, 1.165) is 18.2 Å². The van der Waals surface area contributed by atoms with Crippen molar-refractivity contribution in [3.8, 4) is 11.5 Å². The first-order valence-corrected chi connectivity index (χ1v) is 6.85. The Morgan fingerprint density at radius 2 is 1.73 bits per heavy atom. The van der Waals surface area contributed by atoms with Crippen molar-refractivity contribution < 1.29 is 17.9 Å². The number of rotatable bonds is 3. The van der Waals surface area contributed by atoms with Crippen LogP contribution >= 0.6 is 11.6 Å². The summed E-state index contributed by atoms with van der Waals surface area (Å²) in [6.07, 6.45) is 0. The molecule has 0 saturated carbocycles. The monoisotopic (exact) mass is 322 g/mol. The second kappa shape index (κ2) is 5.77. The number of ether oxygens (including phenoxy) is 1. The van der Waals surface area contributed by atoms with Gasteiger partial charge in [0, 0.05) is 41.6 Å². The molecule has 112 valence electrons. The summed E-state index contributed by atoms with van der Waals surface area (Å²) in [5, 5.41) is 0.673. The van der Waals surface area contributed by atoms with Crippen LogP contribution in [-0.2, 0) is 5.88 Å². The first-order valence-electron chi connectivity index (χ1n) is 6.32. The van der Waals surface area contributed by atoms with Crippen LogP contribution in [0.15, 0.2) is 51.7 Å². The summed E-state index contributed by atoms with van der Waals surface area (Å²) in [6.45, 7) is 0. The highest BCUT2D eigenvalue weighted by molar-refractivity contribution is 6.17. The van der Waals surface area contributed by atoms with E-state index in [1.54, 1.807) is 12.1 Å². The number of hydrogen-bond acceptors (Lipinski definition) is 3. The van der Waals surface area contributed by atoms with Crippen molar-refractivity contribution >= 4 is 22.6 Å². The van der Waals surface area contributed by atoms with Gasteiger partial charge in [-0.25, -0.2) is 13.6 Å². The van der Waals surface area contributed by atoms with Gasteiger partial charge < -0.3 is 9.15 Å². The normalized spacial score (nSPS) is 10.9. The molecule has 3 nitrogen and oxygen atoms in total. The highest BCUT2D eigenvalue weighted by Gasteiger charge is 2.08. The molecule has 0 aliphatic rings. The maximum Gasteiger partial charge on any atom is 0.336 e. The zero-order chi connectivity index (χ0) is 15.7. The van der Waals surface area contributed by atoms with Crippen LogP contribution in [0.3, 0.4) is 0 Å². The maximum atomic E-state index is 13.1. The number of halogens is 3. The van der Waals surface area contributed by atoms with Crippen molar-refractivity contribution in [3.63, 3.8) is 0 Å². The number of fused-ring (bicyclic) bond motifs is 1. The van der Waals surface area contributed by atoms with Gasteiger partial charge in [0.1, 0.15) is 28.7 Å². The van der Waals surface area contributed by atoms with Gasteiger partial charge in [-0.15, -0.1) is 11.6 Å². The minimum absolute atomic E-state index is 0.00712. The third-order valence-electron chi connectivity index (χ3n) is 3.02. The molecule has 0 radical (unpaired) electrons. The fraction of sp³-hybridized carbons (Fsp3) is 0.0625. The molecule has 0 spiro atoms. The van der Waals surface area contributed by atoms with Gasteiger partial charge in [0.15, 0.2) is 0 Å². The van der Waals surface area contributed by atoms with Crippen LogP contribution in [0.4, 0.5) is 8.78 Å². The standard InChI is InChI=1S/C16H9ClF2O3/c17-8-9-3-16(20)22-15-7-12(1-2-14(9)15)21-13-5-10(18)4-11(19)6-13/h1-7H,8H2. The highest BCUT2D eigenvalue weighted by atomic mass is 35.5. The van der Waals surface area contributed by atoms with E-state index >= 15 is 0 Å². The van der Waals surface area contributed by atoms with Crippen molar-refractivity contribution in [2.24, 2.45) is 0 Å². The molecular formula is C16H9ClF2O3. The van der Waals surface area contributed by atoms with Gasteiger partial charge in [0.2, 0.25) is 0 Å². The Kier molecular flexibility index (Phi) is 3.81. The number of alkyl halides is 1. The van der Waals surface area contributed by atoms with Gasteiger partial charge in [0.25, 0.3) is 0 Å². The Morgan fingerprint density at radius 3 is 2.41 bits per heavy atom. The largest absolute Gasteiger partial charge is 0.457 e. The second-order valence-electron chi connectivity index (χ2n) is 4.59. The lowest BCUT2D eigenvalue weighted by molar-refractivity contribution is 0.467. The van der Waals surface area contributed by atoms with Crippen LogP contribution in [0.5, 0.6) is 11.5 Å². The molecule has 0 saturated heterocycles. The molecule has 1 heterocycles. The van der Waals surface area contributed by atoms with Crippen LogP contribution in [0, 0.1) is 11.6 Å². The third kappa shape index (κ3) is 2.94. The van der Waals surface area contributed by atoms with E-state index in [-0.39, 0.29) is 23.0 Å². The summed E-state index contributed by atoms with van der Waals surface area (Å²) >= 11 is 5.79. The van der Waals surface area contributed by atoms with Crippen LogP contribution in [0.2, 0.25) is 0 Å². The SMILES string of the molecule is O=c1cc(CCl)c2ccc(Oc3cc(F)cc(F)c3)cc2o1. The quantitative estimate of drug-likeness (QED) is 0.522. The lowest BCUT2D eigenvalue weighted by Gasteiger charge is -2.08. The predicted molar refractivity (Wildman–Crippen MR) is 78.5 cm³/mol. The van der Waals surface area contributed by atoms with Gasteiger partial charge in [-0.3, -0.25) is 0 Å². The second-order valence-corrected chi connectivity index (χ2v) is 4.86. The molecule has 0 bridgehead atoms. The summed E-state index contributed by atoms with van der Waals surface area (Å²) < 4.78 is 36.8. The average molecular weight is 323 g/mol. The predicted octanol–water partition coefficient (Wildman–Crippen LogP) is 4.60. The summed E-state index contributed by atoms with van der Waals surface area (Å²) in [6, 6.07) is 8.91. The number of hydrogen-bond donors (Lipinski definition) is 0. The van der Waals surface area contributed by atoms with Crippen molar-refractivity contribution in [3.05, 3.63) is 70.1 Å². The Hall–Kier alpha value is -2.40. The summed E-state index contributed by atoms with van der Waals surface area (Å²) in [4.78, 5) is 11.5. The van der Waals surface area contributed by atoms with E-state index in [0.29, 0.717) is 10.9 Å². The molecule has 0 amide bonds. The zero-order valence-corrected chi connectivity index (χ0v) is 11.9. The highest BCUT2D eigenvalue weighted by Crippen LogP contribution is 2.28. The fourth-order valence-corrected chi connectivity index (χ4v) is 2.33. The average Bonchev–Trinajstić information content (AvgIpc) is 2.44. The molecule has 0 aliphatic heterocycles. The molecule has 0 atom stereocenters. The van der Waals surface area contributed by atoms with Crippen LogP contribution in [0.25, 0.3) is 11.0 Å². The minimum Gasteiger partial charge on any atom is -0.457 e. The lowest BCUT2D eigenvalue weighted by Crippen LogP contribution is -1.99. The fourth-order valence-electron chi connectivity index (χ4n) is 2.11. The first kappa shape index (κ1) is 14.5. The van der Waals surface area contributed by atoms with Gasteiger partial charge in [-0.2, -0.15) is 0 Å². The van der Waals surface area contributed by atoms with Gasteiger partial charge in [-0.1, -0.05) is 0 Å². The molecule has 2 aromatic carbocycles. The Balaban J connectivity index is 2.03. The van der Waals surface area contributed by atoms with E-state index in [2.05, 4.69) is 0 Å². The lowest BCUT2D eigenvalue weighted by atomic mass is 10.1. The molecule has 1 aromatic heterocycles. The molecule has 3 aromatic rings. The van der Waals surface area contributed by atoms with E-state index in [1.165, 1.54) is 12.1 Å². The smallest absolute Gasteiger partial charge is 0.336 e. The van der Waals surface area contributed by atoms with Crippen LogP contribution in [-0.4, -0.2) is 0 Å². The maximum absolute atomic E-state index is 13.1. The molecule has 22 heavy (non-hydrogen) atoms. The molecule has 0 N–H and O–H groups in total. The first-order chi connectivity index (χ1) is 10.5. The van der Waals surface area contributed by atoms with E-state index in [1.807, 2.05) is 0 Å². The Morgan fingerprint density at radius 1 is 1.00 bits per heavy atom. The summed E-state index contributed by atoms with van der Waals surface area (Å²) in [5.74, 6) is -1.03. The van der Waals surface area contributed by atoms with E-state index in [9.17, 15) is 13.6 Å². The van der Waals surface area contributed by atoms with Gasteiger partial charge in [-0.05, 0) is 17.7 Å². The van der Waals surface area contributed by atoms with Gasteiger partial charge in [0.05, 0.1) is 0 Å². The Bertz CT molecular complexity index is 885. The van der Waals surface area contributed by atoms with Crippen molar-refractivity contribution in [1.82, 2.24) is 0 Å². The summed E-state index contributed by atoms with van der Waals surface area (Å²) in [7, 11) is 0. The molecule has 0 aliphatic carbocycles.